The third kappa shape index (κ3) is 3.28. The molecule has 0 bridgehead atoms. The summed E-state index contributed by atoms with van der Waals surface area (Å²) in [6, 6.07) is 1.31. The van der Waals surface area contributed by atoms with Gasteiger partial charge in [0.15, 0.2) is 5.78 Å². The number of ketones is 1. The number of carbonyl (C=O) groups is 2. The third-order valence-corrected chi connectivity index (χ3v) is 3.59. The molecule has 0 saturated carbocycles. The van der Waals surface area contributed by atoms with Gasteiger partial charge in [0.05, 0.1) is 12.6 Å². The molecule has 1 N–H and O–H groups in total. The summed E-state index contributed by atoms with van der Waals surface area (Å²) in [5, 5.41) is 9.54. The summed E-state index contributed by atoms with van der Waals surface area (Å²) in [7, 11) is 3.41. The Balaban J connectivity index is 3.08. The van der Waals surface area contributed by atoms with Gasteiger partial charge in [-0.25, -0.2) is 0 Å². The lowest BCUT2D eigenvalue weighted by molar-refractivity contribution is 0.0425. The Morgan fingerprint density at radius 2 is 1.95 bits per heavy atom. The molecule has 1 aromatic heterocycles. The van der Waals surface area contributed by atoms with Crippen molar-refractivity contribution in [1.82, 2.24) is 9.47 Å². The second-order valence-corrected chi connectivity index (χ2v) is 6.26. The van der Waals surface area contributed by atoms with Crippen LogP contribution in [0.3, 0.4) is 0 Å². The van der Waals surface area contributed by atoms with Crippen LogP contribution in [0.4, 0.5) is 0 Å². The van der Waals surface area contributed by atoms with Gasteiger partial charge in [-0.3, -0.25) is 9.59 Å². The number of hydrogen-bond donors (Lipinski definition) is 1. The summed E-state index contributed by atoms with van der Waals surface area (Å²) in [6.45, 7) is 7.30. The van der Waals surface area contributed by atoms with Crippen LogP contribution in [0.2, 0.25) is 0 Å². The molecule has 1 atom stereocenters. The zero-order chi connectivity index (χ0) is 15.7. The van der Waals surface area contributed by atoms with Gasteiger partial charge in [-0.2, -0.15) is 0 Å². The molecule has 5 nitrogen and oxygen atoms in total. The number of carbonyl (C=O) groups excluding carboxylic acids is 2. The van der Waals surface area contributed by atoms with Crippen molar-refractivity contribution in [2.75, 3.05) is 13.7 Å². The lowest BCUT2D eigenvalue weighted by Gasteiger charge is -2.36. The Hall–Kier alpha value is -1.62. The zero-order valence-corrected chi connectivity index (χ0v) is 13.1. The molecule has 0 saturated heterocycles. The van der Waals surface area contributed by atoms with Crippen molar-refractivity contribution in [2.24, 2.45) is 12.5 Å². The van der Waals surface area contributed by atoms with Crippen molar-refractivity contribution in [3.05, 3.63) is 23.5 Å². The lowest BCUT2D eigenvalue weighted by atomic mass is 9.86. The van der Waals surface area contributed by atoms with E-state index in [4.69, 9.17) is 0 Å². The molecule has 1 rings (SSSR count). The standard InChI is InChI=1S/C15H24N2O3/c1-10(19)11-7-12(16(5)8-11)14(20)17(6)13(9-18)15(2,3)4/h7-8,13,18H,9H2,1-6H3. The Kier molecular flexibility index (Phi) is 4.76. The van der Waals surface area contributed by atoms with E-state index in [9.17, 15) is 14.7 Å². The number of amides is 1. The Bertz CT molecular complexity index is 512. The molecular formula is C15H24N2O3. The zero-order valence-electron chi connectivity index (χ0n) is 13.1. The number of aromatic nitrogens is 1. The molecule has 20 heavy (non-hydrogen) atoms. The van der Waals surface area contributed by atoms with Gasteiger partial charge < -0.3 is 14.6 Å². The molecular weight excluding hydrogens is 256 g/mol. The molecule has 0 aliphatic rings. The largest absolute Gasteiger partial charge is 0.394 e. The van der Waals surface area contributed by atoms with Gasteiger partial charge in [0.2, 0.25) is 0 Å². The van der Waals surface area contributed by atoms with Crippen molar-refractivity contribution in [2.45, 2.75) is 33.7 Å². The summed E-state index contributed by atoms with van der Waals surface area (Å²) in [4.78, 5) is 25.4. The van der Waals surface area contributed by atoms with E-state index >= 15 is 0 Å². The van der Waals surface area contributed by atoms with Crippen molar-refractivity contribution >= 4 is 11.7 Å². The van der Waals surface area contributed by atoms with Crippen LogP contribution in [0.5, 0.6) is 0 Å². The molecule has 1 amide bonds. The molecule has 5 heteroatoms. The molecule has 0 spiro atoms. The van der Waals surface area contributed by atoms with Gasteiger partial charge in [-0.1, -0.05) is 20.8 Å². The molecule has 1 aromatic rings. The van der Waals surface area contributed by atoms with Crippen LogP contribution < -0.4 is 0 Å². The van der Waals surface area contributed by atoms with E-state index < -0.39 is 0 Å². The van der Waals surface area contributed by atoms with Crippen LogP contribution in [-0.4, -0.2) is 46.0 Å². The maximum Gasteiger partial charge on any atom is 0.270 e. The number of aliphatic hydroxyl groups is 1. The number of Topliss-reactive ketones (excluding diaryl/α,β-unsaturated/α-hetero) is 1. The van der Waals surface area contributed by atoms with Crippen LogP contribution in [0.25, 0.3) is 0 Å². The van der Waals surface area contributed by atoms with E-state index in [0.29, 0.717) is 11.3 Å². The highest BCUT2D eigenvalue weighted by Gasteiger charge is 2.32. The summed E-state index contributed by atoms with van der Waals surface area (Å²) < 4.78 is 1.65. The fourth-order valence-electron chi connectivity index (χ4n) is 2.27. The molecule has 1 unspecified atom stereocenters. The van der Waals surface area contributed by atoms with Crippen molar-refractivity contribution < 1.29 is 14.7 Å². The summed E-state index contributed by atoms with van der Waals surface area (Å²) in [5.41, 5.74) is 0.731. The van der Waals surface area contributed by atoms with Crippen molar-refractivity contribution in [3.63, 3.8) is 0 Å². The van der Waals surface area contributed by atoms with Gasteiger partial charge in [-0.05, 0) is 18.4 Å². The van der Waals surface area contributed by atoms with Gasteiger partial charge in [0.25, 0.3) is 5.91 Å². The molecule has 1 heterocycles. The molecule has 112 valence electrons. The maximum absolute atomic E-state index is 12.5. The number of aryl methyl sites for hydroxylation is 1. The first-order valence-corrected chi connectivity index (χ1v) is 6.65. The second-order valence-electron chi connectivity index (χ2n) is 6.26. The van der Waals surface area contributed by atoms with E-state index in [2.05, 4.69) is 0 Å². The van der Waals surface area contributed by atoms with Crippen molar-refractivity contribution in [3.8, 4) is 0 Å². The first-order chi connectivity index (χ1) is 9.09. The highest BCUT2D eigenvalue weighted by atomic mass is 16.3. The van der Waals surface area contributed by atoms with Crippen LogP contribution in [-0.2, 0) is 7.05 Å². The van der Waals surface area contributed by atoms with Gasteiger partial charge >= 0.3 is 0 Å². The fourth-order valence-corrected chi connectivity index (χ4v) is 2.27. The van der Waals surface area contributed by atoms with E-state index in [1.165, 1.54) is 6.92 Å². The smallest absolute Gasteiger partial charge is 0.270 e. The minimum Gasteiger partial charge on any atom is -0.394 e. The van der Waals surface area contributed by atoms with E-state index in [-0.39, 0.29) is 29.8 Å². The van der Waals surface area contributed by atoms with E-state index in [0.717, 1.165) is 0 Å². The summed E-state index contributed by atoms with van der Waals surface area (Å²) in [5.74, 6) is -0.272. The first-order valence-electron chi connectivity index (χ1n) is 6.65. The number of hydrogen-bond acceptors (Lipinski definition) is 3. The predicted octanol–water partition coefficient (Wildman–Crippen LogP) is 1.71. The van der Waals surface area contributed by atoms with Crippen LogP contribution in [0.15, 0.2) is 12.3 Å². The van der Waals surface area contributed by atoms with Crippen LogP contribution in [0, 0.1) is 5.41 Å². The number of aliphatic hydroxyl groups excluding tert-OH is 1. The minimum atomic E-state index is -0.286. The summed E-state index contributed by atoms with van der Waals surface area (Å²) >= 11 is 0. The molecule has 0 aliphatic heterocycles. The third-order valence-electron chi connectivity index (χ3n) is 3.59. The topological polar surface area (TPSA) is 62.5 Å². The average molecular weight is 280 g/mol. The van der Waals surface area contributed by atoms with Crippen molar-refractivity contribution in [1.29, 1.82) is 0 Å². The SMILES string of the molecule is CC(=O)c1cc(C(=O)N(C)C(CO)C(C)(C)C)n(C)c1. The van der Waals surface area contributed by atoms with E-state index in [1.54, 1.807) is 35.8 Å². The van der Waals surface area contributed by atoms with Crippen LogP contribution in [0.1, 0.15) is 48.5 Å². The Morgan fingerprint density at radius 1 is 1.40 bits per heavy atom. The average Bonchev–Trinajstić information content (AvgIpc) is 2.69. The maximum atomic E-state index is 12.5. The van der Waals surface area contributed by atoms with Crippen LogP contribution >= 0.6 is 0 Å². The molecule has 0 fully saturated rings. The number of nitrogens with zero attached hydrogens (tertiary/aromatic N) is 2. The highest BCUT2D eigenvalue weighted by molar-refractivity contribution is 5.99. The Labute approximate surface area is 120 Å². The second kappa shape index (κ2) is 5.79. The number of likely N-dealkylation sites (N-methyl/N-ethyl adjacent to an activating group) is 1. The normalized spacial score (nSPS) is 13.2. The molecule has 0 radical (unpaired) electrons. The summed E-state index contributed by atoms with van der Waals surface area (Å²) in [6.07, 6.45) is 1.65. The highest BCUT2D eigenvalue weighted by Crippen LogP contribution is 2.24. The fraction of sp³-hybridized carbons (Fsp3) is 0.600. The minimum absolute atomic E-state index is 0.0724. The van der Waals surface area contributed by atoms with Gasteiger partial charge in [0, 0.05) is 25.9 Å². The molecule has 0 aliphatic carbocycles. The first kappa shape index (κ1) is 16.4. The quantitative estimate of drug-likeness (QED) is 0.854. The number of rotatable bonds is 4. The van der Waals surface area contributed by atoms with Gasteiger partial charge in [-0.15, -0.1) is 0 Å². The van der Waals surface area contributed by atoms with Gasteiger partial charge in [0.1, 0.15) is 5.69 Å². The van der Waals surface area contributed by atoms with E-state index in [1.807, 2.05) is 20.8 Å². The Morgan fingerprint density at radius 3 is 2.30 bits per heavy atom. The molecule has 0 aromatic carbocycles. The predicted molar refractivity (Wildman–Crippen MR) is 77.8 cm³/mol. The lowest BCUT2D eigenvalue weighted by Crippen LogP contribution is -2.47. The monoisotopic (exact) mass is 280 g/mol.